The lowest BCUT2D eigenvalue weighted by Gasteiger charge is -2.26. The van der Waals surface area contributed by atoms with Crippen molar-refractivity contribution in [3.63, 3.8) is 0 Å². The Hall–Kier alpha value is -0.500. The zero-order valence-electron chi connectivity index (χ0n) is 57.2. The summed E-state index contributed by atoms with van der Waals surface area (Å²) >= 11 is 0. The number of nitrogens with zero attached hydrogens (tertiary/aromatic N) is 1. The fraction of sp³-hybridized carbons (Fsp3) is 0.986. The molecule has 83 heavy (non-hydrogen) atoms. The van der Waals surface area contributed by atoms with Gasteiger partial charge in [-0.05, 0) is 12.8 Å². The van der Waals surface area contributed by atoms with Gasteiger partial charge in [0, 0.05) is 6.42 Å². The average Bonchev–Trinajstić information content (AvgIpc) is 3.49. The number of nitrogens with one attached hydrogen (secondary N) is 1. The van der Waals surface area contributed by atoms with Crippen molar-refractivity contribution < 1.29 is 32.9 Å². The van der Waals surface area contributed by atoms with Crippen molar-refractivity contribution in [2.24, 2.45) is 0 Å². The third kappa shape index (κ3) is 68.8. The number of hydrogen-bond donors (Lipinski definition) is 3. The number of unbranched alkanes of at least 4 members (excludes halogenated alkanes) is 59. The van der Waals surface area contributed by atoms with Gasteiger partial charge in [0.05, 0.1) is 39.9 Å². The predicted molar refractivity (Wildman–Crippen MR) is 365 cm³/mol. The minimum absolute atomic E-state index is 0.0796. The number of phosphoric acid groups is 1. The Morgan fingerprint density at radius 3 is 0.807 bits per heavy atom. The fourth-order valence-electron chi connectivity index (χ4n) is 12.2. The Bertz CT molecular complexity index is 1310. The molecule has 0 saturated heterocycles. The highest BCUT2D eigenvalue weighted by Crippen LogP contribution is 2.43. The maximum absolute atomic E-state index is 13.1. The van der Waals surface area contributed by atoms with Crippen LogP contribution in [-0.2, 0) is 18.4 Å². The van der Waals surface area contributed by atoms with Crippen molar-refractivity contribution in [3.05, 3.63) is 0 Å². The molecule has 0 aromatic carbocycles. The number of likely N-dealkylation sites (N-methyl/N-ethyl adjacent to an activating group) is 1. The van der Waals surface area contributed by atoms with Crippen LogP contribution in [0.1, 0.15) is 418 Å². The second-order valence-corrected chi connectivity index (χ2v) is 29.2. The highest BCUT2D eigenvalue weighted by atomic mass is 31.2. The van der Waals surface area contributed by atoms with Crippen LogP contribution < -0.4 is 5.32 Å². The number of phosphoric ester groups is 1. The van der Waals surface area contributed by atoms with Gasteiger partial charge in [0.25, 0.3) is 0 Å². The molecule has 0 aliphatic heterocycles. The first-order valence-corrected chi connectivity index (χ1v) is 39.4. The zero-order valence-corrected chi connectivity index (χ0v) is 58.1. The van der Waals surface area contributed by atoms with E-state index in [0.717, 1.165) is 38.5 Å². The molecule has 9 heteroatoms. The van der Waals surface area contributed by atoms with Gasteiger partial charge in [0.1, 0.15) is 13.2 Å². The normalized spacial score (nSPS) is 13.5. The van der Waals surface area contributed by atoms with E-state index in [4.69, 9.17) is 9.05 Å². The molecule has 0 radical (unpaired) electrons. The Balaban J connectivity index is 3.93. The van der Waals surface area contributed by atoms with Crippen molar-refractivity contribution in [2.75, 3.05) is 40.9 Å². The van der Waals surface area contributed by atoms with Gasteiger partial charge >= 0.3 is 7.82 Å². The zero-order chi connectivity index (χ0) is 60.5. The lowest BCUT2D eigenvalue weighted by atomic mass is 10.0. The molecular weight excluding hydrogens is 1040 g/mol. The van der Waals surface area contributed by atoms with Crippen LogP contribution in [0.3, 0.4) is 0 Å². The second-order valence-electron chi connectivity index (χ2n) is 27.8. The first kappa shape index (κ1) is 82.5. The van der Waals surface area contributed by atoms with Gasteiger partial charge in [0.15, 0.2) is 0 Å². The summed E-state index contributed by atoms with van der Waals surface area (Å²) in [5, 5.41) is 14.2. The number of carbonyl (C=O) groups is 1. The number of rotatable bonds is 72. The molecule has 3 unspecified atom stereocenters. The molecule has 8 nitrogen and oxygen atoms in total. The van der Waals surface area contributed by atoms with Crippen LogP contribution in [0, 0.1) is 0 Å². The molecule has 0 fully saturated rings. The van der Waals surface area contributed by atoms with E-state index in [-0.39, 0.29) is 19.1 Å². The third-order valence-corrected chi connectivity index (χ3v) is 19.1. The van der Waals surface area contributed by atoms with Gasteiger partial charge in [-0.3, -0.25) is 13.8 Å². The number of aliphatic hydroxyl groups excluding tert-OH is 1. The largest absolute Gasteiger partial charge is 0.472 e. The Morgan fingerprint density at radius 2 is 0.578 bits per heavy atom. The summed E-state index contributed by atoms with van der Waals surface area (Å²) < 4.78 is 23.9. The van der Waals surface area contributed by atoms with Crippen molar-refractivity contribution in [3.8, 4) is 0 Å². The molecule has 3 N–H and O–H groups in total. The van der Waals surface area contributed by atoms with Crippen LogP contribution in [-0.4, -0.2) is 73.4 Å². The molecule has 0 bridgehead atoms. The summed E-state index contributed by atoms with van der Waals surface area (Å²) in [6.45, 7) is 4.97. The van der Waals surface area contributed by atoms with Crippen LogP contribution in [0.15, 0.2) is 0 Å². The van der Waals surface area contributed by atoms with E-state index >= 15 is 0 Å². The van der Waals surface area contributed by atoms with Crippen molar-refractivity contribution in [1.29, 1.82) is 0 Å². The molecule has 1 amide bonds. The molecule has 0 spiro atoms. The standard InChI is InChI=1S/C74H151N2O6P/c1-6-8-10-12-14-16-18-20-22-24-26-28-30-32-34-36-37-38-40-41-43-45-47-49-51-53-55-57-59-61-63-65-67-73(77)72(71-82-83(79,80)81-70-69-76(3,4)5)75-74(78)68-66-64-62-60-58-56-54-52-50-48-46-44-42-39-35-33-31-29-27-25-23-21-19-17-15-13-11-9-7-2/h72-73,77H,6-71H2,1-5H3,(H-,75,78,79,80)/p+1. The lowest BCUT2D eigenvalue weighted by molar-refractivity contribution is -0.870. The number of hydrogen-bond acceptors (Lipinski definition) is 5. The number of quaternary nitrogens is 1. The molecule has 0 aliphatic rings. The van der Waals surface area contributed by atoms with E-state index in [2.05, 4.69) is 19.2 Å². The minimum Gasteiger partial charge on any atom is -0.391 e. The topological polar surface area (TPSA) is 105 Å². The number of carbonyl (C=O) groups excluding carboxylic acids is 1. The van der Waals surface area contributed by atoms with Gasteiger partial charge in [0.2, 0.25) is 5.91 Å². The second kappa shape index (κ2) is 65.9. The van der Waals surface area contributed by atoms with Gasteiger partial charge < -0.3 is 19.8 Å². The predicted octanol–water partition coefficient (Wildman–Crippen LogP) is 24.3. The summed E-state index contributed by atoms with van der Waals surface area (Å²) in [5.41, 5.74) is 0. The van der Waals surface area contributed by atoms with Gasteiger partial charge in [-0.25, -0.2) is 4.57 Å². The van der Waals surface area contributed by atoms with E-state index < -0.39 is 20.0 Å². The maximum Gasteiger partial charge on any atom is 0.472 e. The first-order chi connectivity index (χ1) is 40.5. The minimum atomic E-state index is -4.33. The maximum atomic E-state index is 13.1. The van der Waals surface area contributed by atoms with Gasteiger partial charge in [-0.2, -0.15) is 0 Å². The summed E-state index contributed by atoms with van der Waals surface area (Å²) in [4.78, 5) is 23.5. The Morgan fingerprint density at radius 1 is 0.361 bits per heavy atom. The van der Waals surface area contributed by atoms with Crippen LogP contribution in [0.4, 0.5) is 0 Å². The molecule has 0 aliphatic carbocycles. The summed E-state index contributed by atoms with van der Waals surface area (Å²) in [7, 11) is 1.65. The molecule has 0 aromatic heterocycles. The molecular formula is C74H152N2O6P+. The van der Waals surface area contributed by atoms with Gasteiger partial charge in [-0.1, -0.05) is 399 Å². The van der Waals surface area contributed by atoms with E-state index in [9.17, 15) is 19.4 Å². The molecule has 0 aromatic rings. The van der Waals surface area contributed by atoms with E-state index in [1.807, 2.05) is 21.1 Å². The lowest BCUT2D eigenvalue weighted by Crippen LogP contribution is -2.46. The molecule has 498 valence electrons. The quantitative estimate of drug-likeness (QED) is 0.0318. The summed E-state index contributed by atoms with van der Waals surface area (Å²) in [6.07, 6.45) is 83.8. The summed E-state index contributed by atoms with van der Waals surface area (Å²) in [5.74, 6) is -0.132. The molecule has 0 heterocycles. The molecule has 0 rings (SSSR count). The average molecular weight is 1200 g/mol. The smallest absolute Gasteiger partial charge is 0.391 e. The molecule has 0 saturated carbocycles. The SMILES string of the molecule is CCCCCCCCCCCCCCCCCCCCCCCCCCCCCCCCCCC(O)C(COP(=O)(O)OCC[N+](C)(C)C)NC(=O)CCCCCCCCCCCCCCCCCCCCCCCCCCCCCCC. The fourth-order valence-corrected chi connectivity index (χ4v) is 13.0. The number of aliphatic hydroxyl groups is 1. The van der Waals surface area contributed by atoms with Crippen LogP contribution in [0.5, 0.6) is 0 Å². The monoisotopic (exact) mass is 1200 g/mol. The highest BCUT2D eigenvalue weighted by Gasteiger charge is 2.28. The van der Waals surface area contributed by atoms with Crippen molar-refractivity contribution in [2.45, 2.75) is 431 Å². The first-order valence-electron chi connectivity index (χ1n) is 37.9. The van der Waals surface area contributed by atoms with Crippen LogP contribution >= 0.6 is 7.82 Å². The van der Waals surface area contributed by atoms with Crippen LogP contribution in [0.25, 0.3) is 0 Å². The summed E-state index contributed by atoms with van der Waals surface area (Å²) in [6, 6.07) is -0.757. The van der Waals surface area contributed by atoms with Crippen molar-refractivity contribution in [1.82, 2.24) is 5.32 Å². The van der Waals surface area contributed by atoms with Crippen molar-refractivity contribution >= 4 is 13.7 Å². The van der Waals surface area contributed by atoms with E-state index in [0.29, 0.717) is 23.9 Å². The Kier molecular flexibility index (Phi) is 65.5. The van der Waals surface area contributed by atoms with Crippen LogP contribution in [0.2, 0.25) is 0 Å². The van der Waals surface area contributed by atoms with E-state index in [1.165, 1.54) is 353 Å². The third-order valence-electron chi connectivity index (χ3n) is 18.1. The van der Waals surface area contributed by atoms with E-state index in [1.54, 1.807) is 0 Å². The van der Waals surface area contributed by atoms with Gasteiger partial charge in [-0.15, -0.1) is 0 Å². The molecule has 3 atom stereocenters. The Labute approximate surface area is 520 Å². The highest BCUT2D eigenvalue weighted by molar-refractivity contribution is 7.47. The number of amides is 1.